The SMILES string of the molecule is CC1CN(CCN(C)C)C(CC#N)C(=O)N1. The van der Waals surface area contributed by atoms with Gasteiger partial charge in [0.05, 0.1) is 12.5 Å². The van der Waals surface area contributed by atoms with E-state index in [1.165, 1.54) is 0 Å². The standard InChI is InChI=1S/C11H20N4O/c1-9-8-15(7-6-14(2)3)10(4-5-12)11(16)13-9/h9-10H,4,6-8H2,1-3H3,(H,13,16). The van der Waals surface area contributed by atoms with E-state index in [4.69, 9.17) is 5.26 Å². The highest BCUT2D eigenvalue weighted by atomic mass is 16.2. The van der Waals surface area contributed by atoms with Crippen molar-refractivity contribution in [2.24, 2.45) is 0 Å². The zero-order valence-corrected chi connectivity index (χ0v) is 10.2. The average molecular weight is 224 g/mol. The number of rotatable bonds is 4. The largest absolute Gasteiger partial charge is 0.351 e. The smallest absolute Gasteiger partial charge is 0.238 e. The molecule has 0 bridgehead atoms. The van der Waals surface area contributed by atoms with Crippen LogP contribution in [-0.2, 0) is 4.79 Å². The molecule has 1 saturated heterocycles. The molecule has 1 N–H and O–H groups in total. The summed E-state index contributed by atoms with van der Waals surface area (Å²) < 4.78 is 0. The van der Waals surface area contributed by atoms with E-state index in [-0.39, 0.29) is 24.4 Å². The molecule has 0 spiro atoms. The third kappa shape index (κ3) is 3.47. The number of carbonyl (C=O) groups is 1. The average Bonchev–Trinajstić information content (AvgIpc) is 2.19. The Balaban J connectivity index is 2.60. The number of hydrogen-bond donors (Lipinski definition) is 1. The lowest BCUT2D eigenvalue weighted by Gasteiger charge is -2.37. The summed E-state index contributed by atoms with van der Waals surface area (Å²) >= 11 is 0. The molecule has 1 amide bonds. The highest BCUT2D eigenvalue weighted by Crippen LogP contribution is 2.11. The van der Waals surface area contributed by atoms with Crippen LogP contribution in [0.25, 0.3) is 0 Å². The number of likely N-dealkylation sites (N-methyl/N-ethyl adjacent to an activating group) is 1. The van der Waals surface area contributed by atoms with Crippen molar-refractivity contribution in [1.29, 1.82) is 5.26 Å². The Labute approximate surface area is 97.0 Å². The lowest BCUT2D eigenvalue weighted by Crippen LogP contribution is -2.59. The molecular formula is C11H20N4O. The Kier molecular flexibility index (Phi) is 4.71. The van der Waals surface area contributed by atoms with Gasteiger partial charge in [-0.1, -0.05) is 0 Å². The lowest BCUT2D eigenvalue weighted by atomic mass is 10.1. The molecule has 5 nitrogen and oxygen atoms in total. The van der Waals surface area contributed by atoms with Crippen LogP contribution in [0.2, 0.25) is 0 Å². The summed E-state index contributed by atoms with van der Waals surface area (Å²) in [6.45, 7) is 4.55. The second-order valence-corrected chi connectivity index (χ2v) is 4.59. The monoisotopic (exact) mass is 224 g/mol. The molecule has 0 saturated carbocycles. The Hall–Kier alpha value is -1.12. The molecule has 0 aromatic heterocycles. The number of amides is 1. The van der Waals surface area contributed by atoms with Crippen LogP contribution in [0.5, 0.6) is 0 Å². The summed E-state index contributed by atoms with van der Waals surface area (Å²) in [6.07, 6.45) is 0.270. The Morgan fingerprint density at radius 1 is 1.62 bits per heavy atom. The molecule has 16 heavy (non-hydrogen) atoms. The quantitative estimate of drug-likeness (QED) is 0.709. The summed E-state index contributed by atoms with van der Waals surface area (Å²) in [4.78, 5) is 15.9. The zero-order valence-electron chi connectivity index (χ0n) is 10.2. The minimum atomic E-state index is -0.277. The third-order valence-corrected chi connectivity index (χ3v) is 2.76. The molecule has 1 fully saturated rings. The molecule has 1 aliphatic heterocycles. The van der Waals surface area contributed by atoms with E-state index < -0.39 is 0 Å². The second-order valence-electron chi connectivity index (χ2n) is 4.59. The van der Waals surface area contributed by atoms with Crippen LogP contribution < -0.4 is 5.32 Å². The van der Waals surface area contributed by atoms with Crippen LogP contribution >= 0.6 is 0 Å². The summed E-state index contributed by atoms with van der Waals surface area (Å²) in [5.74, 6) is -0.0148. The molecule has 0 aromatic rings. The fraction of sp³-hybridized carbons (Fsp3) is 0.818. The Morgan fingerprint density at radius 3 is 2.88 bits per heavy atom. The Morgan fingerprint density at radius 2 is 2.31 bits per heavy atom. The fourth-order valence-corrected chi connectivity index (χ4v) is 1.91. The maximum Gasteiger partial charge on any atom is 0.238 e. The topological polar surface area (TPSA) is 59.4 Å². The van der Waals surface area contributed by atoms with Gasteiger partial charge in [0.15, 0.2) is 0 Å². The number of hydrogen-bond acceptors (Lipinski definition) is 4. The normalized spacial score (nSPS) is 26.6. The molecule has 2 atom stereocenters. The minimum absolute atomic E-state index is 0.0148. The first-order chi connectivity index (χ1) is 7.54. The van der Waals surface area contributed by atoms with Gasteiger partial charge >= 0.3 is 0 Å². The Bertz CT molecular complexity index is 284. The van der Waals surface area contributed by atoms with Crippen LogP contribution in [0.15, 0.2) is 0 Å². The molecule has 2 unspecified atom stereocenters. The number of nitrogens with one attached hydrogen (secondary N) is 1. The van der Waals surface area contributed by atoms with E-state index >= 15 is 0 Å². The van der Waals surface area contributed by atoms with Crippen LogP contribution in [0.3, 0.4) is 0 Å². The van der Waals surface area contributed by atoms with Gasteiger partial charge in [0.2, 0.25) is 5.91 Å². The zero-order chi connectivity index (χ0) is 12.1. The molecule has 0 aliphatic carbocycles. The third-order valence-electron chi connectivity index (χ3n) is 2.76. The summed E-state index contributed by atoms with van der Waals surface area (Å²) in [5.41, 5.74) is 0. The van der Waals surface area contributed by atoms with Gasteiger partial charge in [-0.05, 0) is 21.0 Å². The van der Waals surface area contributed by atoms with Crippen molar-refractivity contribution >= 4 is 5.91 Å². The summed E-state index contributed by atoms with van der Waals surface area (Å²) in [5, 5.41) is 11.6. The highest BCUT2D eigenvalue weighted by molar-refractivity contribution is 5.83. The van der Waals surface area contributed by atoms with Crippen LogP contribution in [0, 0.1) is 11.3 Å². The maximum atomic E-state index is 11.7. The van der Waals surface area contributed by atoms with Gasteiger partial charge in [-0.25, -0.2) is 0 Å². The number of carbonyl (C=O) groups excluding carboxylic acids is 1. The highest BCUT2D eigenvalue weighted by Gasteiger charge is 2.32. The van der Waals surface area contributed by atoms with Crippen molar-refractivity contribution < 1.29 is 4.79 Å². The van der Waals surface area contributed by atoms with E-state index in [0.29, 0.717) is 0 Å². The molecule has 1 aliphatic rings. The van der Waals surface area contributed by atoms with Gasteiger partial charge in [-0.2, -0.15) is 5.26 Å². The number of nitriles is 1. The van der Waals surface area contributed by atoms with Gasteiger partial charge in [0.1, 0.15) is 6.04 Å². The maximum absolute atomic E-state index is 11.7. The molecular weight excluding hydrogens is 204 g/mol. The molecule has 0 radical (unpaired) electrons. The molecule has 1 heterocycles. The van der Waals surface area contributed by atoms with Gasteiger partial charge in [-0.15, -0.1) is 0 Å². The first kappa shape index (κ1) is 12.9. The number of piperazine rings is 1. The van der Waals surface area contributed by atoms with Crippen LogP contribution in [0.1, 0.15) is 13.3 Å². The van der Waals surface area contributed by atoms with E-state index in [2.05, 4.69) is 21.2 Å². The molecule has 5 heteroatoms. The number of nitrogens with zero attached hydrogens (tertiary/aromatic N) is 3. The van der Waals surface area contributed by atoms with Crippen molar-refractivity contribution in [3.8, 4) is 6.07 Å². The second kappa shape index (κ2) is 5.83. The van der Waals surface area contributed by atoms with E-state index in [1.54, 1.807) is 0 Å². The van der Waals surface area contributed by atoms with E-state index in [1.807, 2.05) is 21.0 Å². The lowest BCUT2D eigenvalue weighted by molar-refractivity contribution is -0.130. The first-order valence-electron chi connectivity index (χ1n) is 5.60. The van der Waals surface area contributed by atoms with Crippen molar-refractivity contribution in [2.45, 2.75) is 25.4 Å². The van der Waals surface area contributed by atoms with Gasteiger partial charge < -0.3 is 10.2 Å². The van der Waals surface area contributed by atoms with Crippen molar-refractivity contribution in [3.05, 3.63) is 0 Å². The van der Waals surface area contributed by atoms with Crippen LogP contribution in [0.4, 0.5) is 0 Å². The first-order valence-corrected chi connectivity index (χ1v) is 5.60. The molecule has 0 aromatic carbocycles. The van der Waals surface area contributed by atoms with Crippen molar-refractivity contribution in [3.63, 3.8) is 0 Å². The summed E-state index contributed by atoms with van der Waals surface area (Å²) in [6, 6.07) is 1.98. The molecule has 90 valence electrons. The van der Waals surface area contributed by atoms with Gasteiger partial charge in [0.25, 0.3) is 0 Å². The minimum Gasteiger partial charge on any atom is -0.351 e. The molecule has 1 rings (SSSR count). The predicted octanol–water partition coefficient (Wildman–Crippen LogP) is -0.349. The van der Waals surface area contributed by atoms with Crippen LogP contribution in [-0.4, -0.2) is 61.5 Å². The van der Waals surface area contributed by atoms with Gasteiger partial charge in [0, 0.05) is 25.7 Å². The van der Waals surface area contributed by atoms with E-state index in [9.17, 15) is 4.79 Å². The van der Waals surface area contributed by atoms with Crippen molar-refractivity contribution in [1.82, 2.24) is 15.1 Å². The van der Waals surface area contributed by atoms with Gasteiger partial charge in [-0.3, -0.25) is 9.69 Å². The van der Waals surface area contributed by atoms with Crippen molar-refractivity contribution in [2.75, 3.05) is 33.7 Å². The van der Waals surface area contributed by atoms with E-state index in [0.717, 1.165) is 19.6 Å². The summed E-state index contributed by atoms with van der Waals surface area (Å²) in [7, 11) is 4.01. The predicted molar refractivity (Wildman–Crippen MR) is 61.7 cm³/mol. The fourth-order valence-electron chi connectivity index (χ4n) is 1.91.